The van der Waals surface area contributed by atoms with Gasteiger partial charge >= 0.3 is 5.97 Å². The van der Waals surface area contributed by atoms with Crippen molar-refractivity contribution >= 4 is 5.97 Å². The molecule has 4 heteroatoms. The van der Waals surface area contributed by atoms with Crippen LogP contribution in [0.5, 0.6) is 0 Å². The summed E-state index contributed by atoms with van der Waals surface area (Å²) in [5.41, 5.74) is 1.83. The van der Waals surface area contributed by atoms with Crippen molar-refractivity contribution in [2.75, 3.05) is 0 Å². The highest BCUT2D eigenvalue weighted by Gasteiger charge is 2.19. The van der Waals surface area contributed by atoms with Crippen LogP contribution in [-0.4, -0.2) is 16.1 Å². The topological polar surface area (TPSA) is 63.3 Å². The van der Waals surface area contributed by atoms with Crippen molar-refractivity contribution in [3.8, 4) is 0 Å². The van der Waals surface area contributed by atoms with Gasteiger partial charge in [0.1, 0.15) is 0 Å². The average molecular weight is 287 g/mol. The lowest BCUT2D eigenvalue weighted by Crippen LogP contribution is -2.03. The lowest BCUT2D eigenvalue weighted by molar-refractivity contribution is 0.0658. The monoisotopic (exact) mass is 287 g/mol. The van der Waals surface area contributed by atoms with E-state index in [4.69, 9.17) is 9.52 Å². The Kier molecular flexibility index (Phi) is 5.14. The number of benzene rings is 1. The standard InChI is InChI=1S/C17H21NO3/c1-12(2)11-14-16(17(19)20)21-15(18-14)10-6-9-13-7-4-3-5-8-13/h3-5,7-8,12H,6,9-11H2,1-2H3,(H,19,20). The molecule has 0 bridgehead atoms. The Morgan fingerprint density at radius 2 is 1.95 bits per heavy atom. The number of carbonyl (C=O) groups is 1. The van der Waals surface area contributed by atoms with Gasteiger partial charge in [0.05, 0.1) is 5.69 Å². The van der Waals surface area contributed by atoms with E-state index in [1.54, 1.807) is 0 Å². The highest BCUT2D eigenvalue weighted by molar-refractivity contribution is 5.85. The van der Waals surface area contributed by atoms with Crippen LogP contribution in [0.15, 0.2) is 34.7 Å². The number of carboxylic acid groups (broad SMARTS) is 1. The summed E-state index contributed by atoms with van der Waals surface area (Å²) in [5, 5.41) is 9.16. The van der Waals surface area contributed by atoms with Crippen LogP contribution in [0.4, 0.5) is 0 Å². The van der Waals surface area contributed by atoms with Crippen molar-refractivity contribution in [2.45, 2.75) is 39.5 Å². The second-order valence-corrected chi connectivity index (χ2v) is 5.63. The van der Waals surface area contributed by atoms with Crippen molar-refractivity contribution in [2.24, 2.45) is 5.92 Å². The molecule has 112 valence electrons. The van der Waals surface area contributed by atoms with Crippen LogP contribution in [0, 0.1) is 5.92 Å². The molecule has 0 fully saturated rings. The summed E-state index contributed by atoms with van der Waals surface area (Å²) in [4.78, 5) is 15.5. The van der Waals surface area contributed by atoms with Crippen LogP contribution in [0.2, 0.25) is 0 Å². The van der Waals surface area contributed by atoms with E-state index in [1.807, 2.05) is 32.0 Å². The van der Waals surface area contributed by atoms with Gasteiger partial charge in [-0.25, -0.2) is 9.78 Å². The van der Waals surface area contributed by atoms with Crippen LogP contribution in [0.25, 0.3) is 0 Å². The zero-order valence-electron chi connectivity index (χ0n) is 12.5. The summed E-state index contributed by atoms with van der Waals surface area (Å²) in [6.07, 6.45) is 3.12. The molecule has 0 aliphatic heterocycles. The molecule has 0 amide bonds. The summed E-state index contributed by atoms with van der Waals surface area (Å²) >= 11 is 0. The van der Waals surface area contributed by atoms with Gasteiger partial charge in [-0.2, -0.15) is 0 Å². The van der Waals surface area contributed by atoms with Crippen LogP contribution < -0.4 is 0 Å². The maximum Gasteiger partial charge on any atom is 0.373 e. The van der Waals surface area contributed by atoms with Crippen molar-refractivity contribution in [1.29, 1.82) is 0 Å². The third-order valence-corrected chi connectivity index (χ3v) is 3.24. The number of hydrogen-bond acceptors (Lipinski definition) is 3. The molecule has 21 heavy (non-hydrogen) atoms. The number of hydrogen-bond donors (Lipinski definition) is 1. The summed E-state index contributed by atoms with van der Waals surface area (Å²) in [7, 11) is 0. The molecule has 2 aromatic rings. The highest BCUT2D eigenvalue weighted by Crippen LogP contribution is 2.17. The molecule has 0 aliphatic rings. The largest absolute Gasteiger partial charge is 0.475 e. The Bertz CT molecular complexity index is 587. The van der Waals surface area contributed by atoms with E-state index in [2.05, 4.69) is 17.1 Å². The van der Waals surface area contributed by atoms with Crippen molar-refractivity contribution < 1.29 is 14.3 Å². The maximum absolute atomic E-state index is 11.2. The minimum Gasteiger partial charge on any atom is -0.475 e. The fourth-order valence-electron chi connectivity index (χ4n) is 2.29. The molecule has 1 heterocycles. The molecule has 0 saturated carbocycles. The molecule has 1 aromatic carbocycles. The first-order valence-corrected chi connectivity index (χ1v) is 7.32. The van der Waals surface area contributed by atoms with Crippen molar-refractivity contribution in [1.82, 2.24) is 4.98 Å². The van der Waals surface area contributed by atoms with Crippen LogP contribution in [0.1, 0.15) is 48.0 Å². The molecule has 1 aromatic heterocycles. The number of aryl methyl sites for hydroxylation is 2. The van der Waals surface area contributed by atoms with E-state index in [0.717, 1.165) is 12.8 Å². The van der Waals surface area contributed by atoms with E-state index < -0.39 is 5.97 Å². The predicted octanol–water partition coefficient (Wildman–Crippen LogP) is 3.75. The second-order valence-electron chi connectivity index (χ2n) is 5.63. The number of oxazole rings is 1. The fraction of sp³-hybridized carbons (Fsp3) is 0.412. The minimum atomic E-state index is -1.03. The van der Waals surface area contributed by atoms with Gasteiger partial charge in [0, 0.05) is 6.42 Å². The van der Waals surface area contributed by atoms with Crippen LogP contribution in [0.3, 0.4) is 0 Å². The Labute approximate surface area is 124 Å². The summed E-state index contributed by atoms with van der Waals surface area (Å²) in [6, 6.07) is 10.2. The lowest BCUT2D eigenvalue weighted by atomic mass is 10.1. The van der Waals surface area contributed by atoms with Gasteiger partial charge in [0.2, 0.25) is 5.76 Å². The van der Waals surface area contributed by atoms with Gasteiger partial charge in [-0.15, -0.1) is 0 Å². The Hall–Kier alpha value is -2.10. The number of nitrogens with zero attached hydrogens (tertiary/aromatic N) is 1. The first-order valence-electron chi connectivity index (χ1n) is 7.32. The summed E-state index contributed by atoms with van der Waals surface area (Å²) in [5.74, 6) is -0.157. The Balaban J connectivity index is 1.98. The van der Waals surface area contributed by atoms with Gasteiger partial charge < -0.3 is 9.52 Å². The zero-order valence-corrected chi connectivity index (χ0v) is 12.5. The van der Waals surface area contributed by atoms with E-state index in [-0.39, 0.29) is 5.76 Å². The van der Waals surface area contributed by atoms with Gasteiger partial charge in [-0.05, 0) is 30.7 Å². The van der Waals surface area contributed by atoms with E-state index in [0.29, 0.717) is 30.3 Å². The smallest absolute Gasteiger partial charge is 0.373 e. The van der Waals surface area contributed by atoms with Gasteiger partial charge in [-0.1, -0.05) is 44.2 Å². The van der Waals surface area contributed by atoms with Crippen LogP contribution >= 0.6 is 0 Å². The zero-order chi connectivity index (χ0) is 15.2. The Morgan fingerprint density at radius 3 is 2.57 bits per heavy atom. The number of rotatable bonds is 7. The maximum atomic E-state index is 11.2. The predicted molar refractivity (Wildman–Crippen MR) is 80.5 cm³/mol. The number of aromatic carboxylic acids is 1. The summed E-state index contributed by atoms with van der Waals surface area (Å²) in [6.45, 7) is 4.07. The number of aromatic nitrogens is 1. The third-order valence-electron chi connectivity index (χ3n) is 3.24. The SMILES string of the molecule is CC(C)Cc1nc(CCCc2ccccc2)oc1C(=O)O. The minimum absolute atomic E-state index is 0.00147. The van der Waals surface area contributed by atoms with Crippen LogP contribution in [-0.2, 0) is 19.3 Å². The molecule has 0 saturated heterocycles. The Morgan fingerprint density at radius 1 is 1.24 bits per heavy atom. The molecule has 4 nitrogen and oxygen atoms in total. The van der Waals surface area contributed by atoms with Crippen molar-refractivity contribution in [3.05, 3.63) is 53.2 Å². The van der Waals surface area contributed by atoms with Gasteiger partial charge in [-0.3, -0.25) is 0 Å². The normalized spacial score (nSPS) is 11.0. The molecule has 0 radical (unpaired) electrons. The van der Waals surface area contributed by atoms with E-state index in [1.165, 1.54) is 5.56 Å². The molecular weight excluding hydrogens is 266 g/mol. The fourth-order valence-corrected chi connectivity index (χ4v) is 2.29. The molecule has 2 rings (SSSR count). The molecule has 0 atom stereocenters. The molecule has 0 spiro atoms. The average Bonchev–Trinajstić information content (AvgIpc) is 2.82. The van der Waals surface area contributed by atoms with E-state index in [9.17, 15) is 4.79 Å². The molecule has 0 aliphatic carbocycles. The lowest BCUT2D eigenvalue weighted by Gasteiger charge is -2.00. The van der Waals surface area contributed by atoms with Crippen molar-refractivity contribution in [3.63, 3.8) is 0 Å². The first kappa shape index (κ1) is 15.3. The second kappa shape index (κ2) is 7.07. The number of carboxylic acids is 1. The summed E-state index contributed by atoms with van der Waals surface area (Å²) < 4.78 is 5.40. The van der Waals surface area contributed by atoms with E-state index >= 15 is 0 Å². The molecule has 1 N–H and O–H groups in total. The first-order chi connectivity index (χ1) is 10.1. The molecular formula is C17H21NO3. The molecule has 0 unspecified atom stereocenters. The van der Waals surface area contributed by atoms with Gasteiger partial charge in [0.15, 0.2) is 5.89 Å². The quantitative estimate of drug-likeness (QED) is 0.842. The third kappa shape index (κ3) is 4.45. The van der Waals surface area contributed by atoms with Gasteiger partial charge in [0.25, 0.3) is 0 Å². The highest BCUT2D eigenvalue weighted by atomic mass is 16.4.